The van der Waals surface area contributed by atoms with Gasteiger partial charge in [-0.05, 0) is 38.1 Å². The number of likely N-dealkylation sites (N-methyl/N-ethyl adjacent to an activating group) is 1. The zero-order chi connectivity index (χ0) is 19.6. The van der Waals surface area contributed by atoms with E-state index in [0.29, 0.717) is 6.04 Å². The minimum atomic E-state index is -2.80. The molecule has 148 valence electrons. The van der Waals surface area contributed by atoms with Gasteiger partial charge in [-0.3, -0.25) is 14.5 Å². The Labute approximate surface area is 156 Å². The molecular weight excluding hydrogens is 358 g/mol. The third-order valence-electron chi connectivity index (χ3n) is 4.92. The zero-order valence-electron chi connectivity index (χ0n) is 15.1. The minimum Gasteiger partial charge on any atom is -0.676 e. The van der Waals surface area contributed by atoms with E-state index in [1.165, 1.54) is 23.1 Å². The van der Waals surface area contributed by atoms with Crippen molar-refractivity contribution in [2.75, 3.05) is 43.6 Å². The summed E-state index contributed by atoms with van der Waals surface area (Å²) in [6, 6.07) is 3.78. The molecular formula is C18H23F2N4O3-. The summed E-state index contributed by atoms with van der Waals surface area (Å²) < 4.78 is 32.2. The minimum absolute atomic E-state index is 0.110. The Morgan fingerprint density at radius 3 is 2.78 bits per heavy atom. The first-order chi connectivity index (χ1) is 12.9. The van der Waals surface area contributed by atoms with Gasteiger partial charge in [-0.15, -0.1) is 6.54 Å². The lowest BCUT2D eigenvalue weighted by atomic mass is 10.1. The fraction of sp³-hybridized carbons (Fsp3) is 0.556. The molecule has 1 aromatic rings. The van der Waals surface area contributed by atoms with Gasteiger partial charge in [0.15, 0.2) is 0 Å². The highest BCUT2D eigenvalue weighted by Gasteiger charge is 2.33. The van der Waals surface area contributed by atoms with Crippen molar-refractivity contribution in [3.63, 3.8) is 0 Å². The van der Waals surface area contributed by atoms with E-state index in [4.69, 9.17) is 10.5 Å². The van der Waals surface area contributed by atoms with Crippen LogP contribution >= 0.6 is 0 Å². The summed E-state index contributed by atoms with van der Waals surface area (Å²) in [5.41, 5.74) is 7.66. The molecule has 0 aromatic heterocycles. The summed E-state index contributed by atoms with van der Waals surface area (Å²) >= 11 is 0. The van der Waals surface area contributed by atoms with E-state index in [0.717, 1.165) is 12.8 Å². The maximum Gasteiger partial charge on any atom is 0.265 e. The molecule has 1 atom stereocenters. The standard InChI is InChI=1S/C18H23F2N4O3/c1-23(12-3-4-12)15(9-21)18(26)22-11-2-5-14(13(8-11)17(19)20)24-6-7-27-10-16(24)25/h2,5,8,12,15,17,21H,3-4,6-7,9-10H2,1H3,(H,22,26)/q-1/t15-/m1/s1. The number of halogens is 2. The van der Waals surface area contributed by atoms with Crippen molar-refractivity contribution in [3.05, 3.63) is 29.5 Å². The van der Waals surface area contributed by atoms with Gasteiger partial charge in [0.25, 0.3) is 12.3 Å². The van der Waals surface area contributed by atoms with Crippen molar-refractivity contribution in [3.8, 4) is 0 Å². The summed E-state index contributed by atoms with van der Waals surface area (Å²) in [5, 5.41) is 2.63. The number of nitrogens with one attached hydrogen (secondary N) is 2. The molecule has 1 aromatic carbocycles. The number of anilines is 2. The number of carbonyl (C=O) groups is 2. The highest BCUT2D eigenvalue weighted by Crippen LogP contribution is 2.33. The largest absolute Gasteiger partial charge is 0.676 e. The normalized spacial score (nSPS) is 18.9. The van der Waals surface area contributed by atoms with E-state index in [2.05, 4.69) is 5.32 Å². The van der Waals surface area contributed by atoms with Gasteiger partial charge in [0, 0.05) is 23.8 Å². The van der Waals surface area contributed by atoms with Crippen LogP contribution in [0.25, 0.3) is 5.73 Å². The predicted octanol–water partition coefficient (Wildman–Crippen LogP) is 2.44. The molecule has 1 saturated heterocycles. The molecule has 9 heteroatoms. The lowest BCUT2D eigenvalue weighted by molar-refractivity contribution is -0.125. The van der Waals surface area contributed by atoms with Crippen molar-refractivity contribution in [2.45, 2.75) is 31.4 Å². The first-order valence-electron chi connectivity index (χ1n) is 8.90. The molecule has 1 aliphatic heterocycles. The maximum absolute atomic E-state index is 13.6. The Morgan fingerprint density at radius 2 is 2.19 bits per heavy atom. The third kappa shape index (κ3) is 4.42. The Hall–Kier alpha value is -2.10. The molecule has 1 heterocycles. The van der Waals surface area contributed by atoms with Crippen LogP contribution in [0.5, 0.6) is 0 Å². The van der Waals surface area contributed by atoms with Crippen LogP contribution in [0.15, 0.2) is 18.2 Å². The van der Waals surface area contributed by atoms with E-state index in [9.17, 15) is 18.4 Å². The third-order valence-corrected chi connectivity index (χ3v) is 4.92. The molecule has 27 heavy (non-hydrogen) atoms. The van der Waals surface area contributed by atoms with Gasteiger partial charge in [0.1, 0.15) is 6.61 Å². The number of ether oxygens (including phenoxy) is 1. The lowest BCUT2D eigenvalue weighted by Gasteiger charge is -2.30. The molecule has 0 radical (unpaired) electrons. The summed E-state index contributed by atoms with van der Waals surface area (Å²) in [7, 11) is 1.80. The Bertz CT molecular complexity index is 712. The van der Waals surface area contributed by atoms with Crippen molar-refractivity contribution in [1.29, 1.82) is 0 Å². The van der Waals surface area contributed by atoms with E-state index in [1.54, 1.807) is 7.05 Å². The second-order valence-electron chi connectivity index (χ2n) is 6.78. The van der Waals surface area contributed by atoms with Gasteiger partial charge in [-0.25, -0.2) is 8.78 Å². The van der Waals surface area contributed by atoms with Crippen LogP contribution in [-0.4, -0.2) is 62.1 Å². The number of amides is 2. The molecule has 2 aliphatic rings. The molecule has 2 fully saturated rings. The summed E-state index contributed by atoms with van der Waals surface area (Å²) in [4.78, 5) is 27.6. The van der Waals surface area contributed by atoms with Gasteiger partial charge >= 0.3 is 0 Å². The van der Waals surface area contributed by atoms with Crippen LogP contribution < -0.4 is 10.2 Å². The molecule has 2 amide bonds. The van der Waals surface area contributed by atoms with Gasteiger partial charge < -0.3 is 20.7 Å². The molecule has 3 rings (SSSR count). The molecule has 7 nitrogen and oxygen atoms in total. The second kappa shape index (κ2) is 8.28. The second-order valence-corrected chi connectivity index (χ2v) is 6.78. The first kappa shape index (κ1) is 19.7. The smallest absolute Gasteiger partial charge is 0.265 e. The number of alkyl halides is 2. The molecule has 2 N–H and O–H groups in total. The van der Waals surface area contributed by atoms with Crippen molar-refractivity contribution in [1.82, 2.24) is 4.90 Å². The number of carbonyl (C=O) groups excluding carboxylic acids is 2. The number of nitrogens with zero attached hydrogens (tertiary/aromatic N) is 2. The fourth-order valence-corrected chi connectivity index (χ4v) is 3.21. The maximum atomic E-state index is 13.6. The van der Waals surface area contributed by atoms with E-state index in [1.807, 2.05) is 4.90 Å². The number of benzene rings is 1. The van der Waals surface area contributed by atoms with Crippen LogP contribution in [0.4, 0.5) is 20.2 Å². The van der Waals surface area contributed by atoms with Crippen LogP contribution in [0.3, 0.4) is 0 Å². The SMILES string of the molecule is CN(C1CC1)[C@H](C[NH-])C(=O)Nc1ccc(N2CCOCC2=O)c(C(F)F)c1. The Kier molecular flexibility index (Phi) is 6.03. The highest BCUT2D eigenvalue weighted by molar-refractivity contribution is 5.98. The Morgan fingerprint density at radius 1 is 1.44 bits per heavy atom. The van der Waals surface area contributed by atoms with Gasteiger partial charge in [-0.2, -0.15) is 0 Å². The summed E-state index contributed by atoms with van der Waals surface area (Å²) in [6.07, 6.45) is -0.801. The first-order valence-corrected chi connectivity index (χ1v) is 8.90. The van der Waals surface area contributed by atoms with Crippen LogP contribution in [0.2, 0.25) is 0 Å². The van der Waals surface area contributed by atoms with E-state index in [-0.39, 0.29) is 49.1 Å². The van der Waals surface area contributed by atoms with Crippen LogP contribution in [-0.2, 0) is 14.3 Å². The number of rotatable bonds is 7. The van der Waals surface area contributed by atoms with Crippen molar-refractivity contribution < 1.29 is 23.1 Å². The zero-order valence-corrected chi connectivity index (χ0v) is 15.1. The molecule has 1 aliphatic carbocycles. The van der Waals surface area contributed by atoms with Crippen molar-refractivity contribution in [2.24, 2.45) is 0 Å². The average Bonchev–Trinajstić information content (AvgIpc) is 3.48. The molecule has 0 unspecified atom stereocenters. The number of hydrogen-bond donors (Lipinski definition) is 1. The summed E-state index contributed by atoms with van der Waals surface area (Å²) in [6.45, 7) is 0.240. The number of hydrogen-bond acceptors (Lipinski definition) is 4. The lowest BCUT2D eigenvalue weighted by Crippen LogP contribution is -2.44. The molecule has 0 spiro atoms. The fourth-order valence-electron chi connectivity index (χ4n) is 3.21. The van der Waals surface area contributed by atoms with E-state index < -0.39 is 18.4 Å². The van der Waals surface area contributed by atoms with E-state index >= 15 is 0 Å². The topological polar surface area (TPSA) is 85.7 Å². The van der Waals surface area contributed by atoms with Gasteiger partial charge in [0.2, 0.25) is 5.91 Å². The predicted molar refractivity (Wildman–Crippen MR) is 97.0 cm³/mol. The summed E-state index contributed by atoms with van der Waals surface area (Å²) in [5.74, 6) is -0.768. The van der Waals surface area contributed by atoms with Crippen LogP contribution in [0.1, 0.15) is 24.8 Å². The Balaban J connectivity index is 1.79. The quantitative estimate of drug-likeness (QED) is 0.786. The van der Waals surface area contributed by atoms with Gasteiger partial charge in [-0.1, -0.05) is 0 Å². The monoisotopic (exact) mass is 381 g/mol. The van der Waals surface area contributed by atoms with Gasteiger partial charge in [0.05, 0.1) is 18.3 Å². The molecule has 1 saturated carbocycles. The molecule has 0 bridgehead atoms. The average molecular weight is 381 g/mol. The van der Waals surface area contributed by atoms with Crippen LogP contribution in [0, 0.1) is 0 Å². The van der Waals surface area contributed by atoms with Crippen molar-refractivity contribution >= 4 is 23.2 Å². The highest BCUT2D eigenvalue weighted by atomic mass is 19.3. The number of morpholine rings is 1.